The van der Waals surface area contributed by atoms with Crippen LogP contribution in [0.15, 0.2) is 24.3 Å². The average Bonchev–Trinajstić information content (AvgIpc) is 3.05. The molecule has 0 radical (unpaired) electrons. The third kappa shape index (κ3) is 1.88. The van der Waals surface area contributed by atoms with Crippen molar-refractivity contribution in [1.82, 2.24) is 0 Å². The van der Waals surface area contributed by atoms with E-state index >= 15 is 0 Å². The molecular weight excluding hydrogens is 244 g/mol. The van der Waals surface area contributed by atoms with Crippen LogP contribution in [0.5, 0.6) is 0 Å². The van der Waals surface area contributed by atoms with E-state index in [1.54, 1.807) is 0 Å². The molecule has 0 amide bonds. The fourth-order valence-electron chi connectivity index (χ4n) is 4.99. The van der Waals surface area contributed by atoms with Gasteiger partial charge < -0.3 is 10.6 Å². The minimum atomic E-state index is 0.454. The Morgan fingerprint density at radius 1 is 1.15 bits per heavy atom. The van der Waals surface area contributed by atoms with E-state index in [9.17, 15) is 0 Å². The third-order valence-corrected chi connectivity index (χ3v) is 6.23. The number of fused-ring (bicyclic) bond motifs is 3. The number of benzene rings is 1. The maximum atomic E-state index is 6.52. The Hall–Kier alpha value is -1.02. The Balaban J connectivity index is 1.59. The Morgan fingerprint density at radius 2 is 1.95 bits per heavy atom. The van der Waals surface area contributed by atoms with Crippen molar-refractivity contribution in [2.75, 3.05) is 11.4 Å². The molecule has 1 aliphatic heterocycles. The van der Waals surface area contributed by atoms with Crippen LogP contribution in [-0.2, 0) is 6.42 Å². The zero-order chi connectivity index (χ0) is 13.7. The van der Waals surface area contributed by atoms with E-state index in [4.69, 9.17) is 5.73 Å². The molecule has 5 unspecified atom stereocenters. The molecule has 2 saturated carbocycles. The number of anilines is 1. The van der Waals surface area contributed by atoms with Gasteiger partial charge in [-0.15, -0.1) is 0 Å². The number of nitrogens with zero attached hydrogens (tertiary/aromatic N) is 1. The first-order valence-electron chi connectivity index (χ1n) is 8.34. The molecule has 2 N–H and O–H groups in total. The number of hydrogen-bond acceptors (Lipinski definition) is 2. The molecule has 2 heteroatoms. The van der Waals surface area contributed by atoms with Crippen LogP contribution < -0.4 is 10.6 Å². The highest BCUT2D eigenvalue weighted by Crippen LogP contribution is 2.48. The Bertz CT molecular complexity index is 496. The highest BCUT2D eigenvalue weighted by atomic mass is 15.2. The molecule has 108 valence electrons. The molecule has 5 atom stereocenters. The van der Waals surface area contributed by atoms with Gasteiger partial charge in [0.15, 0.2) is 0 Å². The second kappa shape index (κ2) is 4.77. The summed E-state index contributed by atoms with van der Waals surface area (Å²) < 4.78 is 0. The topological polar surface area (TPSA) is 29.3 Å². The summed E-state index contributed by atoms with van der Waals surface area (Å²) in [6, 6.07) is 10.1. The lowest BCUT2D eigenvalue weighted by molar-refractivity contribution is 0.283. The van der Waals surface area contributed by atoms with Crippen LogP contribution >= 0.6 is 0 Å². The van der Waals surface area contributed by atoms with Crippen LogP contribution in [0.4, 0.5) is 5.69 Å². The standard InChI is InChI=1S/C18H26N2/c1-12-6-7-13-4-2-3-5-17(13)20(12)11-16-14-8-9-15(10-14)18(16)19/h2-5,12,14-16,18H,6-11,19H2,1H3. The van der Waals surface area contributed by atoms with Gasteiger partial charge in [-0.2, -0.15) is 0 Å². The van der Waals surface area contributed by atoms with E-state index in [1.165, 1.54) is 49.9 Å². The molecule has 0 saturated heterocycles. The van der Waals surface area contributed by atoms with E-state index in [0.29, 0.717) is 12.1 Å². The van der Waals surface area contributed by atoms with Gasteiger partial charge in [0.1, 0.15) is 0 Å². The summed E-state index contributed by atoms with van der Waals surface area (Å²) in [4.78, 5) is 2.66. The highest BCUT2D eigenvalue weighted by Gasteiger charge is 2.46. The van der Waals surface area contributed by atoms with Crippen molar-refractivity contribution in [3.05, 3.63) is 29.8 Å². The van der Waals surface area contributed by atoms with Crippen molar-refractivity contribution in [2.24, 2.45) is 23.5 Å². The average molecular weight is 270 g/mol. The maximum Gasteiger partial charge on any atom is 0.0401 e. The molecule has 1 aromatic rings. The minimum Gasteiger partial charge on any atom is -0.368 e. The van der Waals surface area contributed by atoms with Gasteiger partial charge >= 0.3 is 0 Å². The number of aryl methyl sites for hydroxylation is 1. The Morgan fingerprint density at radius 3 is 2.75 bits per heavy atom. The highest BCUT2D eigenvalue weighted by molar-refractivity contribution is 5.56. The van der Waals surface area contributed by atoms with E-state index in [1.807, 2.05) is 0 Å². The number of hydrogen-bond donors (Lipinski definition) is 1. The lowest BCUT2D eigenvalue weighted by atomic mass is 9.83. The van der Waals surface area contributed by atoms with E-state index in [2.05, 4.69) is 36.1 Å². The molecule has 2 aliphatic carbocycles. The molecule has 0 aromatic heterocycles. The summed E-state index contributed by atoms with van der Waals surface area (Å²) in [5.74, 6) is 2.44. The van der Waals surface area contributed by atoms with E-state index < -0.39 is 0 Å². The normalized spacial score (nSPS) is 39.1. The molecule has 20 heavy (non-hydrogen) atoms. The van der Waals surface area contributed by atoms with Crippen molar-refractivity contribution in [2.45, 2.75) is 51.1 Å². The number of nitrogens with two attached hydrogens (primary N) is 1. The Kier molecular flexibility index (Phi) is 3.03. The summed E-state index contributed by atoms with van der Waals surface area (Å²) in [6.07, 6.45) is 6.72. The predicted molar refractivity (Wildman–Crippen MR) is 83.9 cm³/mol. The molecule has 2 bridgehead atoms. The molecule has 2 nitrogen and oxygen atoms in total. The first-order valence-corrected chi connectivity index (χ1v) is 8.34. The second-order valence-corrected chi connectivity index (χ2v) is 7.24. The van der Waals surface area contributed by atoms with E-state index in [0.717, 1.165) is 17.8 Å². The van der Waals surface area contributed by atoms with Crippen LogP contribution in [0.2, 0.25) is 0 Å². The zero-order valence-corrected chi connectivity index (χ0v) is 12.5. The van der Waals surface area contributed by atoms with Crippen molar-refractivity contribution < 1.29 is 0 Å². The molecule has 3 aliphatic rings. The van der Waals surface area contributed by atoms with Crippen LogP contribution in [0.25, 0.3) is 0 Å². The van der Waals surface area contributed by atoms with Crippen molar-refractivity contribution in [3.8, 4) is 0 Å². The largest absolute Gasteiger partial charge is 0.368 e. The predicted octanol–water partition coefficient (Wildman–Crippen LogP) is 3.20. The fraction of sp³-hybridized carbons (Fsp3) is 0.667. The minimum absolute atomic E-state index is 0.454. The van der Waals surface area contributed by atoms with Crippen LogP contribution in [-0.4, -0.2) is 18.6 Å². The molecule has 1 heterocycles. The second-order valence-electron chi connectivity index (χ2n) is 7.24. The summed E-state index contributed by atoms with van der Waals surface area (Å²) >= 11 is 0. The van der Waals surface area contributed by atoms with Gasteiger partial charge in [-0.05, 0) is 68.4 Å². The molecule has 1 aromatic carbocycles. The quantitative estimate of drug-likeness (QED) is 0.894. The van der Waals surface area contributed by atoms with Crippen molar-refractivity contribution >= 4 is 5.69 Å². The maximum absolute atomic E-state index is 6.52. The van der Waals surface area contributed by atoms with Gasteiger partial charge in [-0.25, -0.2) is 0 Å². The van der Waals surface area contributed by atoms with Gasteiger partial charge in [0.05, 0.1) is 0 Å². The molecule has 4 rings (SSSR count). The number of rotatable bonds is 2. The lowest BCUT2D eigenvalue weighted by Crippen LogP contribution is -2.47. The molecule has 0 spiro atoms. The summed E-state index contributed by atoms with van der Waals surface area (Å²) in [5, 5.41) is 0. The van der Waals surface area contributed by atoms with Gasteiger partial charge in [-0.3, -0.25) is 0 Å². The summed E-state index contributed by atoms with van der Waals surface area (Å²) in [6.45, 7) is 3.56. The monoisotopic (exact) mass is 270 g/mol. The van der Waals surface area contributed by atoms with Crippen LogP contribution in [0.1, 0.15) is 38.2 Å². The first-order chi connectivity index (χ1) is 9.74. The van der Waals surface area contributed by atoms with Gasteiger partial charge in [0, 0.05) is 24.3 Å². The molecular formula is C18H26N2. The van der Waals surface area contributed by atoms with Crippen LogP contribution in [0, 0.1) is 17.8 Å². The fourth-order valence-corrected chi connectivity index (χ4v) is 4.99. The number of para-hydroxylation sites is 1. The summed E-state index contributed by atoms with van der Waals surface area (Å²) in [5.41, 5.74) is 9.52. The lowest BCUT2D eigenvalue weighted by Gasteiger charge is -2.41. The molecule has 2 fully saturated rings. The van der Waals surface area contributed by atoms with Gasteiger partial charge in [-0.1, -0.05) is 18.2 Å². The first kappa shape index (κ1) is 12.7. The third-order valence-electron chi connectivity index (χ3n) is 6.23. The Labute approximate surface area is 122 Å². The van der Waals surface area contributed by atoms with Crippen molar-refractivity contribution in [3.63, 3.8) is 0 Å². The van der Waals surface area contributed by atoms with Gasteiger partial charge in [0.25, 0.3) is 0 Å². The zero-order valence-electron chi connectivity index (χ0n) is 12.5. The SMILES string of the molecule is CC1CCc2ccccc2N1CC1C2CCC(C2)C1N. The van der Waals surface area contributed by atoms with Crippen LogP contribution in [0.3, 0.4) is 0 Å². The van der Waals surface area contributed by atoms with Gasteiger partial charge in [0.2, 0.25) is 0 Å². The van der Waals surface area contributed by atoms with Crippen molar-refractivity contribution in [1.29, 1.82) is 0 Å². The van der Waals surface area contributed by atoms with E-state index in [-0.39, 0.29) is 0 Å². The smallest absolute Gasteiger partial charge is 0.0401 e. The summed E-state index contributed by atoms with van der Waals surface area (Å²) in [7, 11) is 0.